The first kappa shape index (κ1) is 23.6. The quantitative estimate of drug-likeness (QED) is 0.422. The average molecular weight is 481 g/mol. The number of aromatic amines is 1. The molecule has 0 radical (unpaired) electrons. The number of aromatic nitrogens is 2. The number of benzene rings is 2. The number of aryl methyl sites for hydroxylation is 2. The fourth-order valence-corrected chi connectivity index (χ4v) is 3.77. The molecule has 2 heterocycles. The van der Waals surface area contributed by atoms with Crippen molar-refractivity contribution in [3.63, 3.8) is 0 Å². The van der Waals surface area contributed by atoms with Crippen LogP contribution in [0, 0.1) is 18.5 Å². The third kappa shape index (κ3) is 5.49. The van der Waals surface area contributed by atoms with E-state index in [0.29, 0.717) is 15.8 Å². The van der Waals surface area contributed by atoms with Crippen molar-refractivity contribution in [1.29, 1.82) is 0 Å². The lowest BCUT2D eigenvalue weighted by atomic mass is 10.1. The van der Waals surface area contributed by atoms with Gasteiger partial charge in [-0.15, -0.1) is 0 Å². The van der Waals surface area contributed by atoms with E-state index in [1.165, 1.54) is 10.8 Å². The van der Waals surface area contributed by atoms with Gasteiger partial charge in [0.05, 0.1) is 11.1 Å². The fourth-order valence-electron chi connectivity index (χ4n) is 3.63. The van der Waals surface area contributed by atoms with E-state index < -0.39 is 36.1 Å². The topological polar surface area (TPSA) is 99.6 Å². The van der Waals surface area contributed by atoms with Gasteiger partial charge in [-0.25, -0.2) is 14.4 Å². The zero-order valence-electron chi connectivity index (χ0n) is 18.7. The van der Waals surface area contributed by atoms with Crippen LogP contribution in [-0.2, 0) is 14.2 Å². The standard InChI is InChI=1S/C25H24N2O6S/c1-15-3-7-17(8-4-15)23(28)31-14-20-19(33-24(29)18-9-5-16(2)6-10-18)13-22(32-20)27-12-11-21(34)26-25(27)30/h3-12,19-20,22H,13-14H2,1-2H3,(H,26,30,34)/t19-,20+,22+/m1/s1. The van der Waals surface area contributed by atoms with Gasteiger partial charge in [-0.3, -0.25) is 9.55 Å². The highest BCUT2D eigenvalue weighted by Gasteiger charge is 2.40. The van der Waals surface area contributed by atoms with Gasteiger partial charge in [0.2, 0.25) is 0 Å². The number of ether oxygens (including phenoxy) is 3. The maximum absolute atomic E-state index is 12.7. The Bertz CT molecular complexity index is 1300. The van der Waals surface area contributed by atoms with Gasteiger partial charge < -0.3 is 14.2 Å². The minimum atomic E-state index is -0.760. The van der Waals surface area contributed by atoms with E-state index in [9.17, 15) is 14.4 Å². The van der Waals surface area contributed by atoms with Gasteiger partial charge in [0.25, 0.3) is 0 Å². The molecule has 0 amide bonds. The molecule has 9 heteroatoms. The minimum Gasteiger partial charge on any atom is -0.459 e. The van der Waals surface area contributed by atoms with Crippen LogP contribution in [0.5, 0.6) is 0 Å². The Kier molecular flexibility index (Phi) is 7.04. The number of esters is 2. The predicted octanol–water partition coefficient (Wildman–Crippen LogP) is 3.89. The normalized spacial score (nSPS) is 19.5. The number of nitrogens with zero attached hydrogens (tertiary/aromatic N) is 1. The molecule has 1 aliphatic heterocycles. The number of carbonyl (C=O) groups is 2. The van der Waals surface area contributed by atoms with Crippen LogP contribution in [0.2, 0.25) is 0 Å². The lowest BCUT2D eigenvalue weighted by Crippen LogP contribution is -2.32. The van der Waals surface area contributed by atoms with E-state index in [4.69, 9.17) is 26.4 Å². The Balaban J connectivity index is 1.51. The summed E-state index contributed by atoms with van der Waals surface area (Å²) >= 11 is 4.99. The molecule has 1 N–H and O–H groups in total. The van der Waals surface area contributed by atoms with Crippen LogP contribution in [0.4, 0.5) is 0 Å². The van der Waals surface area contributed by atoms with Crippen LogP contribution in [0.1, 0.15) is 44.5 Å². The Morgan fingerprint density at radius 2 is 1.59 bits per heavy atom. The SMILES string of the molecule is Cc1ccc(C(=O)OC[C@@H]2O[C@H](n3ccc(=S)[nH]c3=O)C[C@H]2OC(=O)c2ccc(C)cc2)cc1. The van der Waals surface area contributed by atoms with Crippen molar-refractivity contribution in [3.8, 4) is 0 Å². The van der Waals surface area contributed by atoms with Crippen molar-refractivity contribution < 1.29 is 23.8 Å². The van der Waals surface area contributed by atoms with Gasteiger partial charge in [0.15, 0.2) is 0 Å². The fraction of sp³-hybridized carbons (Fsp3) is 0.280. The third-order valence-corrected chi connectivity index (χ3v) is 5.79. The van der Waals surface area contributed by atoms with Gasteiger partial charge in [0.1, 0.15) is 29.7 Å². The lowest BCUT2D eigenvalue weighted by molar-refractivity contribution is -0.0582. The Morgan fingerprint density at radius 1 is 1.00 bits per heavy atom. The molecule has 3 aromatic rings. The maximum Gasteiger partial charge on any atom is 0.338 e. The number of H-pyrrole nitrogens is 1. The van der Waals surface area contributed by atoms with E-state index >= 15 is 0 Å². The summed E-state index contributed by atoms with van der Waals surface area (Å²) < 4.78 is 18.8. The smallest absolute Gasteiger partial charge is 0.338 e. The molecule has 2 aromatic carbocycles. The largest absolute Gasteiger partial charge is 0.459 e. The van der Waals surface area contributed by atoms with Crippen molar-refractivity contribution in [2.45, 2.75) is 38.7 Å². The average Bonchev–Trinajstić information content (AvgIpc) is 3.20. The first-order valence-electron chi connectivity index (χ1n) is 10.8. The molecule has 8 nitrogen and oxygen atoms in total. The molecule has 34 heavy (non-hydrogen) atoms. The molecule has 3 atom stereocenters. The van der Waals surface area contributed by atoms with Crippen LogP contribution in [-0.4, -0.2) is 40.3 Å². The van der Waals surface area contributed by atoms with Crippen molar-refractivity contribution in [1.82, 2.24) is 9.55 Å². The van der Waals surface area contributed by atoms with E-state index in [-0.39, 0.29) is 13.0 Å². The second kappa shape index (κ2) is 10.1. The minimum absolute atomic E-state index is 0.146. The van der Waals surface area contributed by atoms with Crippen LogP contribution < -0.4 is 5.69 Å². The highest BCUT2D eigenvalue weighted by atomic mass is 32.1. The Morgan fingerprint density at radius 3 is 2.18 bits per heavy atom. The summed E-state index contributed by atoms with van der Waals surface area (Å²) in [4.78, 5) is 40.1. The number of nitrogens with one attached hydrogen (secondary N) is 1. The number of rotatable bonds is 6. The van der Waals surface area contributed by atoms with E-state index in [2.05, 4.69) is 4.98 Å². The lowest BCUT2D eigenvalue weighted by Gasteiger charge is -2.19. The molecule has 176 valence electrons. The summed E-state index contributed by atoms with van der Waals surface area (Å²) in [6, 6.07) is 15.5. The second-order valence-electron chi connectivity index (χ2n) is 8.16. The first-order valence-corrected chi connectivity index (χ1v) is 11.2. The van der Waals surface area contributed by atoms with Crippen molar-refractivity contribution in [2.24, 2.45) is 0 Å². The molecule has 0 saturated carbocycles. The number of hydrogen-bond acceptors (Lipinski definition) is 7. The molecule has 1 saturated heterocycles. The molecule has 1 aromatic heterocycles. The number of carbonyl (C=O) groups excluding carboxylic acids is 2. The van der Waals surface area contributed by atoms with Gasteiger partial charge in [-0.2, -0.15) is 0 Å². The molecule has 0 aliphatic carbocycles. The van der Waals surface area contributed by atoms with Gasteiger partial charge in [0, 0.05) is 12.6 Å². The van der Waals surface area contributed by atoms with Gasteiger partial charge >= 0.3 is 17.6 Å². The summed E-state index contributed by atoms with van der Waals surface area (Å²) in [5.74, 6) is -1.04. The zero-order chi connectivity index (χ0) is 24.2. The van der Waals surface area contributed by atoms with Crippen LogP contribution in [0.3, 0.4) is 0 Å². The van der Waals surface area contributed by atoms with Crippen LogP contribution in [0.15, 0.2) is 65.6 Å². The molecule has 0 bridgehead atoms. The van der Waals surface area contributed by atoms with E-state index in [0.717, 1.165) is 11.1 Å². The van der Waals surface area contributed by atoms with Crippen molar-refractivity contribution >= 4 is 24.2 Å². The molecule has 4 rings (SSSR count). The van der Waals surface area contributed by atoms with E-state index in [1.807, 2.05) is 38.1 Å². The second-order valence-corrected chi connectivity index (χ2v) is 8.60. The predicted molar refractivity (Wildman–Crippen MR) is 126 cm³/mol. The molecular formula is C25H24N2O6S. The molecule has 0 spiro atoms. The zero-order valence-corrected chi connectivity index (χ0v) is 19.5. The third-order valence-electron chi connectivity index (χ3n) is 5.55. The molecule has 1 fully saturated rings. The Hall–Kier alpha value is -3.56. The Labute approximate surface area is 201 Å². The molecule has 0 unspecified atom stereocenters. The van der Waals surface area contributed by atoms with Crippen molar-refractivity contribution in [3.05, 3.63) is 98.2 Å². The van der Waals surface area contributed by atoms with E-state index in [1.54, 1.807) is 30.3 Å². The summed E-state index contributed by atoms with van der Waals surface area (Å²) in [5, 5.41) is 0. The van der Waals surface area contributed by atoms with Crippen LogP contribution >= 0.6 is 12.2 Å². The summed E-state index contributed by atoms with van der Waals surface area (Å²) in [6.07, 6.45) is -0.498. The maximum atomic E-state index is 12.7. The highest BCUT2D eigenvalue weighted by Crippen LogP contribution is 2.31. The molecular weight excluding hydrogens is 456 g/mol. The molecule has 1 aliphatic rings. The van der Waals surface area contributed by atoms with Gasteiger partial charge in [-0.1, -0.05) is 47.6 Å². The van der Waals surface area contributed by atoms with Gasteiger partial charge in [-0.05, 0) is 44.2 Å². The van der Waals surface area contributed by atoms with Crippen molar-refractivity contribution in [2.75, 3.05) is 6.61 Å². The monoisotopic (exact) mass is 480 g/mol. The summed E-state index contributed by atoms with van der Waals surface area (Å²) in [7, 11) is 0. The van der Waals surface area contributed by atoms with Crippen LogP contribution in [0.25, 0.3) is 0 Å². The first-order chi connectivity index (χ1) is 16.3. The summed E-state index contributed by atoms with van der Waals surface area (Å²) in [6.45, 7) is 3.70. The highest BCUT2D eigenvalue weighted by molar-refractivity contribution is 7.71. The summed E-state index contributed by atoms with van der Waals surface area (Å²) in [5.41, 5.74) is 2.39. The number of hydrogen-bond donors (Lipinski definition) is 1.